The van der Waals surface area contributed by atoms with Crippen LogP contribution in [-0.2, 0) is 25.7 Å². The summed E-state index contributed by atoms with van der Waals surface area (Å²) in [5, 5.41) is 15.1. The van der Waals surface area contributed by atoms with E-state index in [9.17, 15) is 19.5 Å². The number of alkyl carbamates (subject to hydrolysis) is 1. The summed E-state index contributed by atoms with van der Waals surface area (Å²) in [6.07, 6.45) is 0.854. The van der Waals surface area contributed by atoms with Gasteiger partial charge >= 0.3 is 12.1 Å². The van der Waals surface area contributed by atoms with Gasteiger partial charge < -0.3 is 25.2 Å². The van der Waals surface area contributed by atoms with Crippen LogP contribution in [0.3, 0.4) is 0 Å². The lowest BCUT2D eigenvalue weighted by Gasteiger charge is -2.25. The molecule has 0 radical (unpaired) electrons. The number of carbonyl (C=O) groups is 3. The number of hydrogen-bond acceptors (Lipinski definition) is 5. The Morgan fingerprint density at radius 2 is 1.48 bits per heavy atom. The van der Waals surface area contributed by atoms with Crippen molar-refractivity contribution in [3.63, 3.8) is 0 Å². The molecule has 0 aromatic heterocycles. The molecule has 2 aliphatic carbocycles. The number of ether oxygens (including phenoxy) is 2. The third-order valence-electron chi connectivity index (χ3n) is 7.61. The number of benzene rings is 3. The third kappa shape index (κ3) is 6.51. The van der Waals surface area contributed by atoms with Gasteiger partial charge in [-0.25, -0.2) is 9.59 Å². The van der Waals surface area contributed by atoms with Crippen molar-refractivity contribution < 1.29 is 29.0 Å². The highest BCUT2D eigenvalue weighted by Crippen LogP contribution is 2.44. The molecule has 8 nitrogen and oxygen atoms in total. The summed E-state index contributed by atoms with van der Waals surface area (Å²) in [5.41, 5.74) is 5.34. The Labute approximate surface area is 233 Å². The van der Waals surface area contributed by atoms with Gasteiger partial charge in [0.05, 0.1) is 12.7 Å². The first-order chi connectivity index (χ1) is 19.4. The highest BCUT2D eigenvalue weighted by Gasteiger charge is 2.35. The fourth-order valence-corrected chi connectivity index (χ4v) is 5.23. The van der Waals surface area contributed by atoms with Crippen LogP contribution in [0.4, 0.5) is 4.79 Å². The minimum Gasteiger partial charge on any atom is -0.480 e. The molecule has 0 heterocycles. The monoisotopic (exact) mass is 542 g/mol. The molecular weight excluding hydrogens is 508 g/mol. The summed E-state index contributed by atoms with van der Waals surface area (Å²) < 4.78 is 11.4. The van der Waals surface area contributed by atoms with Gasteiger partial charge in [-0.1, -0.05) is 91.7 Å². The predicted octanol–water partition coefficient (Wildman–Crippen LogP) is 4.87. The molecular formula is C32H34N2O6. The van der Waals surface area contributed by atoms with Crippen molar-refractivity contribution >= 4 is 18.0 Å². The van der Waals surface area contributed by atoms with Crippen LogP contribution in [-0.4, -0.2) is 47.9 Å². The van der Waals surface area contributed by atoms with Gasteiger partial charge in [-0.05, 0) is 47.1 Å². The Morgan fingerprint density at radius 3 is 2.08 bits per heavy atom. The molecule has 3 N–H and O–H groups in total. The smallest absolute Gasteiger partial charge is 0.407 e. The molecule has 1 fully saturated rings. The van der Waals surface area contributed by atoms with Crippen LogP contribution in [0.25, 0.3) is 11.1 Å². The maximum atomic E-state index is 13.2. The Morgan fingerprint density at radius 1 is 0.875 bits per heavy atom. The molecule has 8 heteroatoms. The van der Waals surface area contributed by atoms with Crippen LogP contribution in [0.1, 0.15) is 48.8 Å². The maximum absolute atomic E-state index is 13.2. The molecule has 2 amide bonds. The van der Waals surface area contributed by atoms with Crippen molar-refractivity contribution in [1.29, 1.82) is 0 Å². The molecule has 3 atom stereocenters. The van der Waals surface area contributed by atoms with Gasteiger partial charge in [0.25, 0.3) is 0 Å². The average Bonchev–Trinajstić information content (AvgIpc) is 3.73. The van der Waals surface area contributed by atoms with E-state index in [-0.39, 0.29) is 19.1 Å². The lowest BCUT2D eigenvalue weighted by atomic mass is 9.98. The number of hydrogen-bond donors (Lipinski definition) is 3. The largest absolute Gasteiger partial charge is 0.480 e. The number of carboxylic acids is 1. The molecule has 5 rings (SSSR count). The second-order valence-electron chi connectivity index (χ2n) is 10.5. The van der Waals surface area contributed by atoms with Crippen molar-refractivity contribution in [2.75, 3.05) is 6.61 Å². The molecule has 0 bridgehead atoms. The Kier molecular flexibility index (Phi) is 8.45. The summed E-state index contributed by atoms with van der Waals surface area (Å²) in [6.45, 7) is 1.95. The minimum absolute atomic E-state index is 0.104. The van der Waals surface area contributed by atoms with Gasteiger partial charge in [0.15, 0.2) is 6.04 Å². The van der Waals surface area contributed by atoms with Crippen LogP contribution in [0, 0.1) is 5.92 Å². The van der Waals surface area contributed by atoms with E-state index in [2.05, 4.69) is 22.8 Å². The quantitative estimate of drug-likeness (QED) is 0.301. The molecule has 1 unspecified atom stereocenters. The van der Waals surface area contributed by atoms with Crippen LogP contribution in [0.2, 0.25) is 0 Å². The lowest BCUT2D eigenvalue weighted by Crippen LogP contribution is -2.55. The number of rotatable bonds is 12. The summed E-state index contributed by atoms with van der Waals surface area (Å²) >= 11 is 0. The van der Waals surface area contributed by atoms with Crippen LogP contribution in [0.15, 0.2) is 78.9 Å². The minimum atomic E-state index is -1.28. The van der Waals surface area contributed by atoms with Crippen LogP contribution < -0.4 is 10.6 Å². The summed E-state index contributed by atoms with van der Waals surface area (Å²) in [6, 6.07) is 23.3. The maximum Gasteiger partial charge on any atom is 0.407 e. The predicted molar refractivity (Wildman–Crippen MR) is 150 cm³/mol. The number of nitrogens with one attached hydrogen (secondary N) is 2. The molecule has 40 heavy (non-hydrogen) atoms. The molecule has 0 spiro atoms. The summed E-state index contributed by atoms with van der Waals surface area (Å²) in [5.74, 6) is -1.57. The van der Waals surface area contributed by atoms with E-state index in [0.29, 0.717) is 12.3 Å². The highest BCUT2D eigenvalue weighted by atomic mass is 16.5. The standard InChI is InChI=1S/C32H34N2O6/c1-20(39-18-22-9-3-2-4-10-22)29(31(36)37)34-30(35)28(17-21-15-16-21)33-32(38)40-19-27-25-13-7-5-11-23(25)24-12-6-8-14-26(24)27/h2-14,20-21,27-29H,15-19H2,1H3,(H,33,38)(H,34,35)(H,36,37)/t20-,28?,29+/m0/s1. The topological polar surface area (TPSA) is 114 Å². The molecule has 1 saturated carbocycles. The normalized spacial score (nSPS) is 16.2. The van der Waals surface area contributed by atoms with E-state index in [0.717, 1.165) is 40.7 Å². The first-order valence-corrected chi connectivity index (χ1v) is 13.7. The zero-order chi connectivity index (χ0) is 28.1. The van der Waals surface area contributed by atoms with E-state index >= 15 is 0 Å². The van der Waals surface area contributed by atoms with Gasteiger partial charge in [0.2, 0.25) is 5.91 Å². The van der Waals surface area contributed by atoms with Crippen molar-refractivity contribution in [3.05, 3.63) is 95.6 Å². The van der Waals surface area contributed by atoms with Crippen LogP contribution >= 0.6 is 0 Å². The van der Waals surface area contributed by atoms with Gasteiger partial charge in [-0.3, -0.25) is 4.79 Å². The third-order valence-corrected chi connectivity index (χ3v) is 7.61. The van der Waals surface area contributed by atoms with Crippen molar-refractivity contribution in [3.8, 4) is 11.1 Å². The first-order valence-electron chi connectivity index (χ1n) is 13.7. The second-order valence-corrected chi connectivity index (χ2v) is 10.5. The van der Waals surface area contributed by atoms with Gasteiger partial charge in [-0.15, -0.1) is 0 Å². The molecule has 2 aliphatic rings. The molecule has 0 aliphatic heterocycles. The first kappa shape index (κ1) is 27.4. The van der Waals surface area contributed by atoms with Crippen LogP contribution in [0.5, 0.6) is 0 Å². The number of fused-ring (bicyclic) bond motifs is 3. The number of carboxylic acid groups (broad SMARTS) is 1. The lowest BCUT2D eigenvalue weighted by molar-refractivity contribution is -0.146. The van der Waals surface area contributed by atoms with Gasteiger partial charge in [0.1, 0.15) is 12.6 Å². The van der Waals surface area contributed by atoms with Crippen molar-refractivity contribution in [1.82, 2.24) is 10.6 Å². The van der Waals surface area contributed by atoms with Gasteiger partial charge in [0, 0.05) is 5.92 Å². The molecule has 3 aromatic rings. The Balaban J connectivity index is 1.20. The van der Waals surface area contributed by atoms with E-state index in [1.54, 1.807) is 6.92 Å². The number of carbonyl (C=O) groups excluding carboxylic acids is 2. The number of amides is 2. The summed E-state index contributed by atoms with van der Waals surface area (Å²) in [7, 11) is 0. The Hall–Kier alpha value is -4.17. The number of aliphatic carboxylic acids is 1. The fourth-order valence-electron chi connectivity index (χ4n) is 5.23. The highest BCUT2D eigenvalue weighted by molar-refractivity contribution is 5.89. The van der Waals surface area contributed by atoms with E-state index in [1.165, 1.54) is 0 Å². The Bertz CT molecular complexity index is 1310. The van der Waals surface area contributed by atoms with Crippen molar-refractivity contribution in [2.45, 2.75) is 56.9 Å². The van der Waals surface area contributed by atoms with Gasteiger partial charge in [-0.2, -0.15) is 0 Å². The summed E-state index contributed by atoms with van der Waals surface area (Å²) in [4.78, 5) is 38.1. The van der Waals surface area contributed by atoms with E-state index in [4.69, 9.17) is 9.47 Å². The molecule has 0 saturated heterocycles. The SMILES string of the molecule is C[C@H](OCc1ccccc1)[C@@H](NC(=O)C(CC1CC1)NC(=O)OCC1c2ccccc2-c2ccccc21)C(=O)O. The van der Waals surface area contributed by atoms with E-state index in [1.807, 2.05) is 66.7 Å². The fraction of sp³-hybridized carbons (Fsp3) is 0.344. The second kappa shape index (κ2) is 12.3. The molecule has 3 aromatic carbocycles. The molecule has 208 valence electrons. The zero-order valence-electron chi connectivity index (χ0n) is 22.4. The van der Waals surface area contributed by atoms with Crippen molar-refractivity contribution in [2.24, 2.45) is 5.92 Å². The zero-order valence-corrected chi connectivity index (χ0v) is 22.4. The van der Waals surface area contributed by atoms with E-state index < -0.39 is 36.2 Å². The average molecular weight is 543 g/mol.